The van der Waals surface area contributed by atoms with E-state index in [1.165, 1.54) is 12.7 Å². The Kier molecular flexibility index (Phi) is 6.12. The van der Waals surface area contributed by atoms with Crippen molar-refractivity contribution in [3.8, 4) is 11.5 Å². The van der Waals surface area contributed by atoms with Crippen molar-refractivity contribution in [2.45, 2.75) is 19.5 Å². The summed E-state index contributed by atoms with van der Waals surface area (Å²) in [7, 11) is 1.32. The van der Waals surface area contributed by atoms with E-state index < -0.39 is 5.97 Å². The molecule has 9 nitrogen and oxygen atoms in total. The molecular weight excluding hydrogens is 436 g/mol. The Bertz CT molecular complexity index is 1220. The number of carbonyl (C=O) groups excluding carboxylic acids is 2. The molecule has 1 fully saturated rings. The fourth-order valence-corrected chi connectivity index (χ4v) is 4.53. The van der Waals surface area contributed by atoms with Crippen LogP contribution in [0.3, 0.4) is 0 Å². The summed E-state index contributed by atoms with van der Waals surface area (Å²) in [6.45, 7) is 6.25. The molecule has 1 amide bonds. The third-order valence-corrected chi connectivity index (χ3v) is 6.52. The molecule has 1 aromatic heterocycles. The molecule has 9 heteroatoms. The number of ether oxygens (including phenoxy) is 3. The predicted octanol–water partition coefficient (Wildman–Crippen LogP) is 2.83. The van der Waals surface area contributed by atoms with Crippen molar-refractivity contribution in [1.29, 1.82) is 0 Å². The summed E-state index contributed by atoms with van der Waals surface area (Å²) in [6.07, 6.45) is 0. The van der Waals surface area contributed by atoms with E-state index in [1.807, 2.05) is 43.3 Å². The normalized spacial score (nSPS) is 17.0. The van der Waals surface area contributed by atoms with E-state index >= 15 is 0 Å². The molecular formula is C25H28N4O5. The van der Waals surface area contributed by atoms with Gasteiger partial charge in [0, 0.05) is 43.6 Å². The van der Waals surface area contributed by atoms with Gasteiger partial charge in [0.1, 0.15) is 5.69 Å². The number of amides is 1. The van der Waals surface area contributed by atoms with E-state index in [4.69, 9.17) is 14.2 Å². The lowest BCUT2D eigenvalue weighted by molar-refractivity contribution is -0.121. The quantitative estimate of drug-likeness (QED) is 0.542. The largest absolute Gasteiger partial charge is 0.464 e. The van der Waals surface area contributed by atoms with Gasteiger partial charge in [0.2, 0.25) is 12.7 Å². The van der Waals surface area contributed by atoms with Crippen molar-refractivity contribution in [3.05, 3.63) is 53.7 Å². The number of hydrogen-bond acceptors (Lipinski definition) is 7. The van der Waals surface area contributed by atoms with Crippen LogP contribution in [0.15, 0.2) is 42.5 Å². The summed E-state index contributed by atoms with van der Waals surface area (Å²) in [6, 6.07) is 13.2. The summed E-state index contributed by atoms with van der Waals surface area (Å²) in [5, 5.41) is 3.74. The molecule has 0 spiro atoms. The summed E-state index contributed by atoms with van der Waals surface area (Å²) < 4.78 is 15.8. The Labute approximate surface area is 197 Å². The minimum absolute atomic E-state index is 0.154. The van der Waals surface area contributed by atoms with Gasteiger partial charge in [-0.05, 0) is 30.7 Å². The number of para-hydroxylation sites is 1. The Morgan fingerprint density at radius 3 is 2.65 bits per heavy atom. The fourth-order valence-electron chi connectivity index (χ4n) is 4.53. The minimum Gasteiger partial charge on any atom is -0.464 e. The number of fused-ring (bicyclic) bond motifs is 2. The highest BCUT2D eigenvalue weighted by Gasteiger charge is 2.28. The highest BCUT2D eigenvalue weighted by molar-refractivity contribution is 6.11. The summed E-state index contributed by atoms with van der Waals surface area (Å²) >= 11 is 0. The summed E-state index contributed by atoms with van der Waals surface area (Å²) in [5.74, 6) is 0.916. The number of methoxy groups -OCH3 is 1. The van der Waals surface area contributed by atoms with Gasteiger partial charge in [-0.25, -0.2) is 4.79 Å². The van der Waals surface area contributed by atoms with Gasteiger partial charge in [-0.1, -0.05) is 24.3 Å². The zero-order chi connectivity index (χ0) is 23.7. The van der Waals surface area contributed by atoms with Crippen molar-refractivity contribution < 1.29 is 23.8 Å². The minimum atomic E-state index is -0.517. The number of nitrogens with one attached hydrogen (secondary N) is 2. The van der Waals surface area contributed by atoms with Crippen molar-refractivity contribution in [2.75, 3.05) is 45.4 Å². The third-order valence-electron chi connectivity index (χ3n) is 6.52. The maximum absolute atomic E-state index is 13.1. The molecule has 3 heterocycles. The second-order valence-corrected chi connectivity index (χ2v) is 8.58. The zero-order valence-electron chi connectivity index (χ0n) is 19.3. The van der Waals surface area contributed by atoms with Crippen LogP contribution in [0.25, 0.3) is 10.9 Å². The average Bonchev–Trinajstić information content (AvgIpc) is 3.48. The van der Waals surface area contributed by atoms with E-state index in [0.717, 1.165) is 55.1 Å². The van der Waals surface area contributed by atoms with Crippen LogP contribution in [0.2, 0.25) is 0 Å². The van der Waals surface area contributed by atoms with Crippen LogP contribution in [0, 0.1) is 0 Å². The Morgan fingerprint density at radius 2 is 1.85 bits per heavy atom. The lowest BCUT2D eigenvalue weighted by Crippen LogP contribution is -2.52. The average molecular weight is 465 g/mol. The van der Waals surface area contributed by atoms with Gasteiger partial charge in [0.15, 0.2) is 11.5 Å². The van der Waals surface area contributed by atoms with Gasteiger partial charge >= 0.3 is 5.97 Å². The highest BCUT2D eigenvalue weighted by Crippen LogP contribution is 2.33. The van der Waals surface area contributed by atoms with Gasteiger partial charge in [-0.2, -0.15) is 0 Å². The Hall–Kier alpha value is -3.56. The molecule has 5 rings (SSSR count). The number of piperazine rings is 1. The smallest absolute Gasteiger partial charge is 0.356 e. The first-order chi connectivity index (χ1) is 16.5. The van der Waals surface area contributed by atoms with Crippen LogP contribution in [0.1, 0.15) is 23.0 Å². The van der Waals surface area contributed by atoms with Crippen molar-refractivity contribution >= 4 is 28.5 Å². The molecule has 0 saturated carbocycles. The molecule has 0 bridgehead atoms. The lowest BCUT2D eigenvalue weighted by Gasteiger charge is -2.37. The molecule has 0 radical (unpaired) electrons. The first-order valence-corrected chi connectivity index (χ1v) is 11.4. The molecule has 178 valence electrons. The van der Waals surface area contributed by atoms with E-state index in [-0.39, 0.29) is 24.4 Å². The number of carbonyl (C=O) groups is 2. The monoisotopic (exact) mass is 464 g/mol. The maximum atomic E-state index is 13.1. The van der Waals surface area contributed by atoms with Gasteiger partial charge in [0.05, 0.1) is 18.8 Å². The molecule has 2 aliphatic heterocycles. The van der Waals surface area contributed by atoms with Crippen molar-refractivity contribution in [3.63, 3.8) is 0 Å². The number of nitrogens with zero attached hydrogens (tertiary/aromatic N) is 2. The second-order valence-electron chi connectivity index (χ2n) is 8.58. The first kappa shape index (κ1) is 22.2. The van der Waals surface area contributed by atoms with E-state index in [9.17, 15) is 9.59 Å². The van der Waals surface area contributed by atoms with Crippen LogP contribution in [0.4, 0.5) is 5.69 Å². The standard InChI is InChI=1S/C25H28N4O5/c1-16(24(30)27-22-18-5-3-4-6-19(18)26-23(22)25(31)32-2)29-11-9-28(10-12-29)14-17-7-8-20-21(13-17)34-15-33-20/h3-8,13,16,26H,9-12,14-15H2,1-2H3,(H,27,30). The van der Waals surface area contributed by atoms with Crippen LogP contribution in [-0.4, -0.2) is 72.8 Å². The van der Waals surface area contributed by atoms with Gasteiger partial charge in [-0.3, -0.25) is 14.6 Å². The maximum Gasteiger partial charge on any atom is 0.356 e. The Balaban J connectivity index is 1.21. The number of rotatable bonds is 6. The molecule has 2 aromatic carbocycles. The van der Waals surface area contributed by atoms with Gasteiger partial charge in [-0.15, -0.1) is 0 Å². The van der Waals surface area contributed by atoms with Crippen molar-refractivity contribution in [2.24, 2.45) is 0 Å². The molecule has 1 unspecified atom stereocenters. The zero-order valence-corrected chi connectivity index (χ0v) is 19.3. The summed E-state index contributed by atoms with van der Waals surface area (Å²) in [5.41, 5.74) is 2.65. The van der Waals surface area contributed by atoms with Crippen LogP contribution < -0.4 is 14.8 Å². The molecule has 0 aliphatic carbocycles. The molecule has 3 aromatic rings. The first-order valence-electron chi connectivity index (χ1n) is 11.4. The molecule has 1 atom stereocenters. The van der Waals surface area contributed by atoms with E-state index in [2.05, 4.69) is 26.2 Å². The number of aromatic amines is 1. The molecule has 34 heavy (non-hydrogen) atoms. The van der Waals surface area contributed by atoms with Crippen LogP contribution >= 0.6 is 0 Å². The summed E-state index contributed by atoms with van der Waals surface area (Å²) in [4.78, 5) is 33.0. The number of benzene rings is 2. The fraction of sp³-hybridized carbons (Fsp3) is 0.360. The molecule has 2 aliphatic rings. The predicted molar refractivity (Wildman–Crippen MR) is 127 cm³/mol. The number of H-pyrrole nitrogens is 1. The second kappa shape index (κ2) is 9.36. The van der Waals surface area contributed by atoms with Crippen LogP contribution in [-0.2, 0) is 16.1 Å². The SMILES string of the molecule is COC(=O)c1[nH]c2ccccc2c1NC(=O)C(C)N1CCN(Cc2ccc3c(c2)OCO3)CC1. The molecule has 2 N–H and O–H groups in total. The number of hydrogen-bond donors (Lipinski definition) is 2. The Morgan fingerprint density at radius 1 is 1.09 bits per heavy atom. The van der Waals surface area contributed by atoms with E-state index in [1.54, 1.807) is 0 Å². The highest BCUT2D eigenvalue weighted by atomic mass is 16.7. The number of esters is 1. The van der Waals surface area contributed by atoms with E-state index in [0.29, 0.717) is 5.69 Å². The topological polar surface area (TPSA) is 96.1 Å². The third kappa shape index (κ3) is 4.32. The number of aromatic nitrogens is 1. The number of anilines is 1. The van der Waals surface area contributed by atoms with Crippen molar-refractivity contribution in [1.82, 2.24) is 14.8 Å². The van der Waals surface area contributed by atoms with Gasteiger partial charge < -0.3 is 24.5 Å². The lowest BCUT2D eigenvalue weighted by atomic mass is 10.1. The van der Waals surface area contributed by atoms with Crippen LogP contribution in [0.5, 0.6) is 11.5 Å². The van der Waals surface area contributed by atoms with Gasteiger partial charge in [0.25, 0.3) is 0 Å². The molecule has 1 saturated heterocycles.